The molecule has 2 N–H and O–H groups in total. The number of hydrogen-bond acceptors (Lipinski definition) is 5. The van der Waals surface area contributed by atoms with E-state index in [2.05, 4.69) is 16.6 Å². The number of carbonyl (C=O) groups is 3. The van der Waals surface area contributed by atoms with Gasteiger partial charge in [0.25, 0.3) is 11.8 Å². The Morgan fingerprint density at radius 1 is 1.33 bits per heavy atom. The number of nitrogens with one attached hydrogen (secondary N) is 2. The first-order valence-electron chi connectivity index (χ1n) is 9.60. The maximum Gasteiger partial charge on any atom is 0.262 e. The topological polar surface area (TPSA) is 87.7 Å². The van der Waals surface area contributed by atoms with Gasteiger partial charge in [-0.25, -0.2) is 0 Å². The van der Waals surface area contributed by atoms with Gasteiger partial charge in [-0.1, -0.05) is 12.8 Å². The molecule has 0 radical (unpaired) electrons. The Morgan fingerprint density at radius 2 is 2.13 bits per heavy atom. The van der Waals surface area contributed by atoms with Crippen LogP contribution in [0.5, 0.6) is 0 Å². The predicted octanol–water partition coefficient (Wildman–Crippen LogP) is 2.55. The van der Waals surface area contributed by atoms with Gasteiger partial charge in [-0.2, -0.15) is 0 Å². The number of amides is 3. The predicted molar refractivity (Wildman–Crippen MR) is 117 cm³/mol. The molecular weight excluding hydrogens is 402 g/mol. The van der Waals surface area contributed by atoms with E-state index >= 15 is 0 Å². The van der Waals surface area contributed by atoms with Crippen LogP contribution in [0.2, 0.25) is 0 Å². The van der Waals surface area contributed by atoms with E-state index in [0.29, 0.717) is 35.0 Å². The van der Waals surface area contributed by atoms with Gasteiger partial charge < -0.3 is 20.3 Å². The Labute approximate surface area is 179 Å². The molecule has 156 valence electrons. The van der Waals surface area contributed by atoms with Crippen molar-refractivity contribution in [2.75, 3.05) is 30.0 Å². The van der Waals surface area contributed by atoms with Crippen LogP contribution in [-0.4, -0.2) is 43.5 Å². The lowest BCUT2D eigenvalue weighted by molar-refractivity contribution is -0.125. The zero-order valence-corrected chi connectivity index (χ0v) is 17.7. The molecule has 0 bridgehead atoms. The van der Waals surface area contributed by atoms with Gasteiger partial charge in [0.2, 0.25) is 5.91 Å². The van der Waals surface area contributed by atoms with Crippen molar-refractivity contribution in [3.8, 4) is 12.3 Å². The molecule has 8 heteroatoms. The highest BCUT2D eigenvalue weighted by Crippen LogP contribution is 2.25. The molecule has 1 atom stereocenters. The summed E-state index contributed by atoms with van der Waals surface area (Å²) in [5, 5.41) is 5.59. The fourth-order valence-corrected chi connectivity index (χ4v) is 3.88. The summed E-state index contributed by atoms with van der Waals surface area (Å²) < 4.78 is 5.17. The third kappa shape index (κ3) is 4.87. The number of anilines is 2. The molecule has 2 heterocycles. The molecule has 3 rings (SSSR count). The third-order valence-corrected chi connectivity index (χ3v) is 5.76. The highest BCUT2D eigenvalue weighted by atomic mass is 32.1. The van der Waals surface area contributed by atoms with Crippen molar-refractivity contribution in [3.63, 3.8) is 0 Å². The summed E-state index contributed by atoms with van der Waals surface area (Å²) >= 11 is 1.21. The van der Waals surface area contributed by atoms with Gasteiger partial charge in [-0.3, -0.25) is 14.4 Å². The van der Waals surface area contributed by atoms with Crippen molar-refractivity contribution in [2.45, 2.75) is 26.3 Å². The summed E-state index contributed by atoms with van der Waals surface area (Å²) in [6.07, 6.45) is 5.77. The van der Waals surface area contributed by atoms with Crippen molar-refractivity contribution >= 4 is 40.4 Å². The summed E-state index contributed by atoms with van der Waals surface area (Å²) in [6, 6.07) is 8.02. The lowest BCUT2D eigenvalue weighted by atomic mass is 10.1. The largest absolute Gasteiger partial charge is 0.370 e. The zero-order valence-electron chi connectivity index (χ0n) is 16.9. The maximum atomic E-state index is 12.7. The van der Waals surface area contributed by atoms with Gasteiger partial charge in [-0.05, 0) is 49.2 Å². The maximum absolute atomic E-state index is 12.7. The van der Waals surface area contributed by atoms with Crippen molar-refractivity contribution in [3.05, 3.63) is 45.6 Å². The summed E-state index contributed by atoms with van der Waals surface area (Å²) in [5.41, 5.74) is 2.25. The van der Waals surface area contributed by atoms with Crippen LogP contribution in [0.4, 0.5) is 11.4 Å². The van der Waals surface area contributed by atoms with Gasteiger partial charge in [0.15, 0.2) is 0 Å². The second kappa shape index (κ2) is 9.57. The van der Waals surface area contributed by atoms with E-state index in [-0.39, 0.29) is 24.3 Å². The molecule has 1 aliphatic rings. The summed E-state index contributed by atoms with van der Waals surface area (Å²) in [7, 11) is 0. The van der Waals surface area contributed by atoms with E-state index in [4.69, 9.17) is 11.2 Å². The first kappa shape index (κ1) is 21.6. The van der Waals surface area contributed by atoms with Gasteiger partial charge in [0, 0.05) is 17.9 Å². The second-order valence-electron chi connectivity index (χ2n) is 6.83. The van der Waals surface area contributed by atoms with Crippen LogP contribution in [0.3, 0.4) is 0 Å². The Balaban J connectivity index is 1.66. The van der Waals surface area contributed by atoms with Crippen LogP contribution < -0.4 is 15.5 Å². The molecule has 0 spiro atoms. The third-order valence-electron chi connectivity index (χ3n) is 4.74. The SMILES string of the molecule is C#Cc1ccc(C(=O)NC(CC)C(=O)Nc2ccc(N3CCOCC3=O)c(C)c2)s1. The van der Waals surface area contributed by atoms with E-state index < -0.39 is 6.04 Å². The van der Waals surface area contributed by atoms with E-state index in [0.717, 1.165) is 11.3 Å². The standard InChI is InChI=1S/C22H23N3O4S/c1-4-16-7-9-19(30-16)22(28)24-17(5-2)21(27)23-15-6-8-18(14(3)12-15)25-10-11-29-13-20(25)26/h1,6-9,12,17H,5,10-11,13H2,2-3H3,(H,23,27)(H,24,28). The average molecular weight is 426 g/mol. The molecule has 1 aromatic carbocycles. The number of carbonyl (C=O) groups excluding carboxylic acids is 3. The van der Waals surface area contributed by atoms with Gasteiger partial charge >= 0.3 is 0 Å². The van der Waals surface area contributed by atoms with Gasteiger partial charge in [0.05, 0.1) is 16.4 Å². The number of thiophene rings is 1. The van der Waals surface area contributed by atoms with Crippen molar-refractivity contribution in [1.29, 1.82) is 0 Å². The number of terminal acetylenes is 1. The number of hydrogen-bond donors (Lipinski definition) is 2. The molecule has 1 saturated heterocycles. The minimum absolute atomic E-state index is 0.0723. The number of benzene rings is 1. The van der Waals surface area contributed by atoms with E-state index in [1.807, 2.05) is 19.9 Å². The van der Waals surface area contributed by atoms with Gasteiger partial charge in [-0.15, -0.1) is 17.8 Å². The highest BCUT2D eigenvalue weighted by Gasteiger charge is 2.23. The molecule has 1 fully saturated rings. The van der Waals surface area contributed by atoms with E-state index in [1.54, 1.807) is 29.2 Å². The van der Waals surface area contributed by atoms with Crippen molar-refractivity contribution < 1.29 is 19.1 Å². The molecule has 7 nitrogen and oxygen atoms in total. The fourth-order valence-electron chi connectivity index (χ4n) is 3.16. The second-order valence-corrected chi connectivity index (χ2v) is 7.91. The minimum Gasteiger partial charge on any atom is -0.370 e. The molecular formula is C22H23N3O4S. The molecule has 1 aromatic heterocycles. The van der Waals surface area contributed by atoms with Crippen LogP contribution in [-0.2, 0) is 14.3 Å². The lowest BCUT2D eigenvalue weighted by Gasteiger charge is -2.28. The summed E-state index contributed by atoms with van der Waals surface area (Å²) in [4.78, 5) is 40.0. The van der Waals surface area contributed by atoms with Crippen LogP contribution in [0.15, 0.2) is 30.3 Å². The number of ether oxygens (including phenoxy) is 1. The molecule has 2 aromatic rings. The Kier molecular flexibility index (Phi) is 6.87. The molecule has 1 unspecified atom stereocenters. The Bertz CT molecular complexity index is 1010. The molecule has 0 saturated carbocycles. The molecule has 3 amide bonds. The Morgan fingerprint density at radius 3 is 2.77 bits per heavy atom. The molecule has 30 heavy (non-hydrogen) atoms. The highest BCUT2D eigenvalue weighted by molar-refractivity contribution is 7.14. The van der Waals surface area contributed by atoms with E-state index in [1.165, 1.54) is 11.3 Å². The normalized spacial score (nSPS) is 14.7. The average Bonchev–Trinajstić information content (AvgIpc) is 3.22. The van der Waals surface area contributed by atoms with E-state index in [9.17, 15) is 14.4 Å². The van der Waals surface area contributed by atoms with Crippen LogP contribution in [0, 0.1) is 19.3 Å². The summed E-state index contributed by atoms with van der Waals surface area (Å²) in [6.45, 7) is 4.77. The first-order valence-corrected chi connectivity index (χ1v) is 10.4. The molecule has 0 aliphatic carbocycles. The van der Waals surface area contributed by atoms with Crippen LogP contribution in [0.1, 0.15) is 33.5 Å². The van der Waals surface area contributed by atoms with Crippen molar-refractivity contribution in [1.82, 2.24) is 5.32 Å². The van der Waals surface area contributed by atoms with Gasteiger partial charge in [0.1, 0.15) is 12.6 Å². The number of aryl methyl sites for hydroxylation is 1. The summed E-state index contributed by atoms with van der Waals surface area (Å²) in [5.74, 6) is 1.76. The van der Waals surface area contributed by atoms with Crippen LogP contribution >= 0.6 is 11.3 Å². The first-order chi connectivity index (χ1) is 14.4. The number of rotatable bonds is 6. The monoisotopic (exact) mass is 425 g/mol. The molecule has 1 aliphatic heterocycles. The lowest BCUT2D eigenvalue weighted by Crippen LogP contribution is -2.43. The zero-order chi connectivity index (χ0) is 21.7. The number of nitrogens with zero attached hydrogens (tertiary/aromatic N) is 1. The van der Waals surface area contributed by atoms with Crippen LogP contribution in [0.25, 0.3) is 0 Å². The van der Waals surface area contributed by atoms with Crippen molar-refractivity contribution in [2.24, 2.45) is 0 Å². The minimum atomic E-state index is -0.685. The number of morpholine rings is 1. The smallest absolute Gasteiger partial charge is 0.262 e. The Hall–Kier alpha value is -3.15. The quantitative estimate of drug-likeness (QED) is 0.697. The fraction of sp³-hybridized carbons (Fsp3) is 0.318.